The standard InChI is InChI=1S/C13H28N2O2/c1-10(2)13(4,5)9-15-11(3)12(16)14-7-8-17-6/h10-11,15H,7-9H2,1-6H3,(H,14,16). The van der Waals surface area contributed by atoms with E-state index in [1.54, 1.807) is 7.11 Å². The van der Waals surface area contributed by atoms with Crippen LogP contribution in [0.15, 0.2) is 0 Å². The van der Waals surface area contributed by atoms with Crippen LogP contribution in [0.5, 0.6) is 0 Å². The molecule has 0 saturated carbocycles. The summed E-state index contributed by atoms with van der Waals surface area (Å²) >= 11 is 0. The van der Waals surface area contributed by atoms with Gasteiger partial charge >= 0.3 is 0 Å². The van der Waals surface area contributed by atoms with Crippen molar-refractivity contribution in [1.82, 2.24) is 10.6 Å². The van der Waals surface area contributed by atoms with Crippen molar-refractivity contribution in [3.8, 4) is 0 Å². The minimum Gasteiger partial charge on any atom is -0.383 e. The first-order valence-corrected chi connectivity index (χ1v) is 6.31. The van der Waals surface area contributed by atoms with Crippen LogP contribution in [0.25, 0.3) is 0 Å². The van der Waals surface area contributed by atoms with E-state index in [-0.39, 0.29) is 17.4 Å². The van der Waals surface area contributed by atoms with Crippen LogP contribution in [0.2, 0.25) is 0 Å². The number of methoxy groups -OCH3 is 1. The molecule has 0 saturated heterocycles. The zero-order valence-electron chi connectivity index (χ0n) is 12.1. The van der Waals surface area contributed by atoms with E-state index in [1.807, 2.05) is 6.92 Å². The largest absolute Gasteiger partial charge is 0.383 e. The van der Waals surface area contributed by atoms with E-state index in [4.69, 9.17) is 4.74 Å². The average Bonchev–Trinajstić information content (AvgIpc) is 2.26. The van der Waals surface area contributed by atoms with Crippen molar-refractivity contribution >= 4 is 5.91 Å². The van der Waals surface area contributed by atoms with E-state index in [1.165, 1.54) is 0 Å². The maximum Gasteiger partial charge on any atom is 0.236 e. The molecule has 0 aliphatic heterocycles. The molecule has 17 heavy (non-hydrogen) atoms. The molecule has 0 bridgehead atoms. The summed E-state index contributed by atoms with van der Waals surface area (Å²) in [5, 5.41) is 6.10. The Morgan fingerprint density at radius 3 is 2.35 bits per heavy atom. The van der Waals surface area contributed by atoms with E-state index in [9.17, 15) is 4.79 Å². The van der Waals surface area contributed by atoms with E-state index in [0.29, 0.717) is 19.1 Å². The zero-order chi connectivity index (χ0) is 13.5. The van der Waals surface area contributed by atoms with Gasteiger partial charge in [-0.3, -0.25) is 4.79 Å². The van der Waals surface area contributed by atoms with Crippen LogP contribution < -0.4 is 10.6 Å². The van der Waals surface area contributed by atoms with Gasteiger partial charge < -0.3 is 15.4 Å². The van der Waals surface area contributed by atoms with Crippen molar-refractivity contribution in [1.29, 1.82) is 0 Å². The number of rotatable bonds is 8. The quantitative estimate of drug-likeness (QED) is 0.635. The van der Waals surface area contributed by atoms with Crippen LogP contribution in [0.4, 0.5) is 0 Å². The number of nitrogens with one attached hydrogen (secondary N) is 2. The molecule has 0 spiro atoms. The van der Waals surface area contributed by atoms with Crippen LogP contribution in [0.3, 0.4) is 0 Å². The van der Waals surface area contributed by atoms with Crippen LogP contribution in [0.1, 0.15) is 34.6 Å². The second kappa shape index (κ2) is 7.67. The van der Waals surface area contributed by atoms with Gasteiger partial charge in [-0.15, -0.1) is 0 Å². The molecule has 102 valence electrons. The predicted octanol–water partition coefficient (Wildman–Crippen LogP) is 1.41. The van der Waals surface area contributed by atoms with Gasteiger partial charge in [0.1, 0.15) is 0 Å². The zero-order valence-corrected chi connectivity index (χ0v) is 12.1. The highest BCUT2D eigenvalue weighted by atomic mass is 16.5. The Labute approximate surface area is 105 Å². The maximum absolute atomic E-state index is 11.7. The molecular weight excluding hydrogens is 216 g/mol. The molecule has 0 aromatic rings. The van der Waals surface area contributed by atoms with Crippen LogP contribution >= 0.6 is 0 Å². The fourth-order valence-corrected chi connectivity index (χ4v) is 1.14. The van der Waals surface area contributed by atoms with Crippen molar-refractivity contribution in [3.05, 3.63) is 0 Å². The van der Waals surface area contributed by atoms with E-state index < -0.39 is 0 Å². The Balaban J connectivity index is 3.92. The lowest BCUT2D eigenvalue weighted by atomic mass is 9.81. The highest BCUT2D eigenvalue weighted by molar-refractivity contribution is 5.81. The van der Waals surface area contributed by atoms with Gasteiger partial charge in [0.15, 0.2) is 0 Å². The van der Waals surface area contributed by atoms with Gasteiger partial charge in [0.05, 0.1) is 12.6 Å². The van der Waals surface area contributed by atoms with Gasteiger partial charge in [-0.05, 0) is 18.3 Å². The molecule has 0 aromatic heterocycles. The number of hydrogen-bond donors (Lipinski definition) is 2. The molecule has 1 amide bonds. The topological polar surface area (TPSA) is 50.4 Å². The molecule has 0 aliphatic carbocycles. The molecule has 1 atom stereocenters. The molecule has 0 aromatic carbocycles. The highest BCUT2D eigenvalue weighted by Gasteiger charge is 2.23. The summed E-state index contributed by atoms with van der Waals surface area (Å²) in [6.45, 7) is 12.7. The number of hydrogen-bond acceptors (Lipinski definition) is 3. The summed E-state index contributed by atoms with van der Waals surface area (Å²) in [6, 6.07) is -0.162. The molecule has 1 unspecified atom stereocenters. The van der Waals surface area contributed by atoms with Gasteiger partial charge in [-0.25, -0.2) is 0 Å². The molecule has 4 nitrogen and oxygen atoms in total. The van der Waals surface area contributed by atoms with Crippen LogP contribution in [-0.2, 0) is 9.53 Å². The summed E-state index contributed by atoms with van der Waals surface area (Å²) in [4.78, 5) is 11.7. The molecule has 0 heterocycles. The molecule has 2 N–H and O–H groups in total. The summed E-state index contributed by atoms with van der Waals surface area (Å²) in [5.41, 5.74) is 0.196. The summed E-state index contributed by atoms with van der Waals surface area (Å²) in [7, 11) is 1.62. The van der Waals surface area contributed by atoms with Gasteiger partial charge in [-0.1, -0.05) is 27.7 Å². The summed E-state index contributed by atoms with van der Waals surface area (Å²) in [6.07, 6.45) is 0. The second-order valence-electron chi connectivity index (χ2n) is 5.53. The van der Waals surface area contributed by atoms with Gasteiger partial charge in [0.2, 0.25) is 5.91 Å². The third-order valence-corrected chi connectivity index (χ3v) is 3.43. The molecule has 0 rings (SSSR count). The average molecular weight is 244 g/mol. The first kappa shape index (κ1) is 16.4. The maximum atomic E-state index is 11.7. The molecule has 0 aliphatic rings. The number of amides is 1. The third-order valence-electron chi connectivity index (χ3n) is 3.43. The monoisotopic (exact) mass is 244 g/mol. The normalized spacial score (nSPS) is 13.8. The number of ether oxygens (including phenoxy) is 1. The fraction of sp³-hybridized carbons (Fsp3) is 0.923. The number of carbonyl (C=O) groups is 1. The Morgan fingerprint density at radius 1 is 1.29 bits per heavy atom. The van der Waals surface area contributed by atoms with Crippen molar-refractivity contribution in [2.24, 2.45) is 11.3 Å². The van der Waals surface area contributed by atoms with Crippen LogP contribution in [0, 0.1) is 11.3 Å². The molecule has 0 fully saturated rings. The SMILES string of the molecule is COCCNC(=O)C(C)NCC(C)(C)C(C)C. The van der Waals surface area contributed by atoms with Crippen molar-refractivity contribution in [2.45, 2.75) is 40.7 Å². The van der Waals surface area contributed by atoms with Crippen molar-refractivity contribution < 1.29 is 9.53 Å². The Morgan fingerprint density at radius 2 is 1.88 bits per heavy atom. The first-order chi connectivity index (χ1) is 7.81. The van der Waals surface area contributed by atoms with Crippen molar-refractivity contribution in [2.75, 3.05) is 26.8 Å². The Bertz CT molecular complexity index is 227. The lowest BCUT2D eigenvalue weighted by Crippen LogP contribution is -2.46. The Kier molecular flexibility index (Phi) is 7.39. The highest BCUT2D eigenvalue weighted by Crippen LogP contribution is 2.24. The summed E-state index contributed by atoms with van der Waals surface area (Å²) in [5.74, 6) is 0.611. The molecule has 4 heteroatoms. The Hall–Kier alpha value is -0.610. The lowest BCUT2D eigenvalue weighted by molar-refractivity contribution is -0.123. The number of carbonyl (C=O) groups excluding carboxylic acids is 1. The van der Waals surface area contributed by atoms with Gasteiger partial charge in [0.25, 0.3) is 0 Å². The first-order valence-electron chi connectivity index (χ1n) is 6.31. The van der Waals surface area contributed by atoms with E-state index >= 15 is 0 Å². The fourth-order valence-electron chi connectivity index (χ4n) is 1.14. The smallest absolute Gasteiger partial charge is 0.236 e. The lowest BCUT2D eigenvalue weighted by Gasteiger charge is -2.30. The molecule has 0 radical (unpaired) electrons. The predicted molar refractivity (Wildman–Crippen MR) is 71.0 cm³/mol. The minimum atomic E-state index is -0.162. The minimum absolute atomic E-state index is 0.0293. The van der Waals surface area contributed by atoms with Crippen molar-refractivity contribution in [3.63, 3.8) is 0 Å². The van der Waals surface area contributed by atoms with E-state index in [0.717, 1.165) is 6.54 Å². The molecular formula is C13H28N2O2. The van der Waals surface area contributed by atoms with Crippen LogP contribution in [-0.4, -0.2) is 38.8 Å². The van der Waals surface area contributed by atoms with E-state index in [2.05, 4.69) is 38.3 Å². The van der Waals surface area contributed by atoms with Gasteiger partial charge in [-0.2, -0.15) is 0 Å². The third kappa shape index (κ3) is 6.64. The summed E-state index contributed by atoms with van der Waals surface area (Å²) < 4.78 is 4.88. The second-order valence-corrected chi connectivity index (χ2v) is 5.53. The van der Waals surface area contributed by atoms with Gasteiger partial charge in [0, 0.05) is 20.2 Å².